The molecule has 0 spiro atoms. The predicted molar refractivity (Wildman–Crippen MR) is 69.0 cm³/mol. The van der Waals surface area contributed by atoms with Crippen molar-refractivity contribution in [2.45, 2.75) is 27.3 Å². The Hall–Kier alpha value is -1.38. The molecule has 1 aromatic heterocycles. The minimum atomic E-state index is -3.61. The van der Waals surface area contributed by atoms with Crippen LogP contribution in [0.3, 0.4) is 0 Å². The fourth-order valence-corrected chi connectivity index (χ4v) is 2.32. The summed E-state index contributed by atoms with van der Waals surface area (Å²) >= 11 is 0. The van der Waals surface area contributed by atoms with Gasteiger partial charge in [0.25, 0.3) is 10.2 Å². The van der Waals surface area contributed by atoms with Gasteiger partial charge < -0.3 is 9.52 Å². The van der Waals surface area contributed by atoms with Crippen molar-refractivity contribution in [3.05, 3.63) is 23.2 Å². The maximum Gasteiger partial charge on any atom is 0.339 e. The molecule has 0 fully saturated rings. The summed E-state index contributed by atoms with van der Waals surface area (Å²) < 4.78 is 32.9. The van der Waals surface area contributed by atoms with E-state index in [1.165, 1.54) is 13.0 Å². The highest BCUT2D eigenvalue weighted by atomic mass is 32.2. The topological polar surface area (TPSA) is 109 Å². The Morgan fingerprint density at radius 2 is 2.05 bits per heavy atom. The fraction of sp³-hybridized carbons (Fsp3) is 0.545. The van der Waals surface area contributed by atoms with E-state index in [1.807, 2.05) is 13.8 Å². The number of hydrogen-bond donors (Lipinski definition) is 3. The number of rotatable bonds is 7. The normalized spacial score (nSPS) is 12.0. The molecule has 1 heterocycles. The highest BCUT2D eigenvalue weighted by Crippen LogP contribution is 2.14. The van der Waals surface area contributed by atoms with E-state index in [2.05, 4.69) is 9.44 Å². The van der Waals surface area contributed by atoms with Gasteiger partial charge in [-0.25, -0.2) is 9.52 Å². The van der Waals surface area contributed by atoms with Crippen molar-refractivity contribution in [3.63, 3.8) is 0 Å². The van der Waals surface area contributed by atoms with Crippen LogP contribution in [0, 0.1) is 12.8 Å². The Bertz CT molecular complexity index is 547. The molecule has 0 atom stereocenters. The Kier molecular flexibility index (Phi) is 5.10. The third kappa shape index (κ3) is 5.01. The van der Waals surface area contributed by atoms with Crippen molar-refractivity contribution >= 4 is 16.2 Å². The van der Waals surface area contributed by atoms with Crippen LogP contribution >= 0.6 is 0 Å². The SMILES string of the molecule is Cc1oc(CNS(=O)(=O)NCC(C)C)cc1C(=O)O. The number of hydrogen-bond acceptors (Lipinski definition) is 4. The zero-order valence-electron chi connectivity index (χ0n) is 11.1. The van der Waals surface area contributed by atoms with E-state index >= 15 is 0 Å². The molecule has 0 amide bonds. The summed E-state index contributed by atoms with van der Waals surface area (Å²) in [6.07, 6.45) is 0. The number of carbonyl (C=O) groups is 1. The Labute approximate surface area is 112 Å². The number of aryl methyl sites for hydroxylation is 1. The zero-order valence-corrected chi connectivity index (χ0v) is 11.9. The fourth-order valence-electron chi connectivity index (χ4n) is 1.34. The molecule has 0 saturated carbocycles. The van der Waals surface area contributed by atoms with Crippen molar-refractivity contribution in [3.8, 4) is 0 Å². The minimum Gasteiger partial charge on any atom is -0.478 e. The van der Waals surface area contributed by atoms with Gasteiger partial charge in [0.2, 0.25) is 0 Å². The van der Waals surface area contributed by atoms with Crippen molar-refractivity contribution in [2.24, 2.45) is 5.92 Å². The average molecular weight is 290 g/mol. The second-order valence-electron chi connectivity index (χ2n) is 4.55. The molecule has 7 nitrogen and oxygen atoms in total. The van der Waals surface area contributed by atoms with Crippen LogP contribution in [0.25, 0.3) is 0 Å². The molecule has 0 saturated heterocycles. The van der Waals surface area contributed by atoms with Crippen molar-refractivity contribution < 1.29 is 22.7 Å². The number of nitrogens with one attached hydrogen (secondary N) is 2. The lowest BCUT2D eigenvalue weighted by atomic mass is 10.2. The van der Waals surface area contributed by atoms with E-state index in [-0.39, 0.29) is 29.5 Å². The van der Waals surface area contributed by atoms with Gasteiger partial charge in [0.15, 0.2) is 0 Å². The van der Waals surface area contributed by atoms with E-state index in [1.54, 1.807) is 0 Å². The quantitative estimate of drug-likeness (QED) is 0.690. The molecule has 0 radical (unpaired) electrons. The van der Waals surface area contributed by atoms with E-state index in [0.717, 1.165) is 0 Å². The Morgan fingerprint density at radius 3 is 2.53 bits per heavy atom. The van der Waals surface area contributed by atoms with E-state index in [9.17, 15) is 13.2 Å². The summed E-state index contributed by atoms with van der Waals surface area (Å²) in [7, 11) is -3.61. The van der Waals surface area contributed by atoms with Crippen LogP contribution in [-0.2, 0) is 16.8 Å². The van der Waals surface area contributed by atoms with E-state index < -0.39 is 16.2 Å². The summed E-state index contributed by atoms with van der Waals surface area (Å²) in [5.74, 6) is -0.406. The van der Waals surface area contributed by atoms with Gasteiger partial charge in [-0.05, 0) is 18.9 Å². The van der Waals surface area contributed by atoms with Crippen LogP contribution in [0.15, 0.2) is 10.5 Å². The Morgan fingerprint density at radius 1 is 1.42 bits per heavy atom. The maximum atomic E-state index is 11.6. The molecule has 1 aromatic rings. The molecule has 0 aliphatic rings. The van der Waals surface area contributed by atoms with Gasteiger partial charge in [0.1, 0.15) is 17.1 Å². The third-order valence-electron chi connectivity index (χ3n) is 2.32. The molecule has 0 unspecified atom stereocenters. The van der Waals surface area contributed by atoms with Crippen LogP contribution in [0.1, 0.15) is 35.7 Å². The summed E-state index contributed by atoms with van der Waals surface area (Å²) in [5.41, 5.74) is 0.0318. The van der Waals surface area contributed by atoms with Crippen LogP contribution in [0.2, 0.25) is 0 Å². The molecule has 0 aromatic carbocycles. The van der Waals surface area contributed by atoms with Gasteiger partial charge in [0, 0.05) is 6.54 Å². The highest BCUT2D eigenvalue weighted by Gasteiger charge is 2.16. The first-order valence-electron chi connectivity index (χ1n) is 5.78. The monoisotopic (exact) mass is 290 g/mol. The smallest absolute Gasteiger partial charge is 0.339 e. The van der Waals surface area contributed by atoms with E-state index in [4.69, 9.17) is 9.52 Å². The van der Waals surface area contributed by atoms with Gasteiger partial charge in [-0.2, -0.15) is 13.1 Å². The minimum absolute atomic E-state index is 0.0318. The van der Waals surface area contributed by atoms with Crippen LogP contribution in [0.4, 0.5) is 0 Å². The largest absolute Gasteiger partial charge is 0.478 e. The molecular formula is C11H18N2O5S. The first kappa shape index (κ1) is 15.7. The molecule has 19 heavy (non-hydrogen) atoms. The summed E-state index contributed by atoms with van der Waals surface area (Å²) in [5, 5.41) is 8.84. The lowest BCUT2D eigenvalue weighted by Crippen LogP contribution is -2.37. The third-order valence-corrected chi connectivity index (χ3v) is 3.39. The lowest BCUT2D eigenvalue weighted by molar-refractivity contribution is 0.0695. The molecule has 0 aliphatic carbocycles. The first-order chi connectivity index (χ1) is 8.71. The molecular weight excluding hydrogens is 272 g/mol. The number of aromatic carboxylic acids is 1. The summed E-state index contributed by atoms with van der Waals surface area (Å²) in [6.45, 7) is 5.52. The maximum absolute atomic E-state index is 11.6. The second-order valence-corrected chi connectivity index (χ2v) is 6.14. The Balaban J connectivity index is 2.62. The number of furan rings is 1. The van der Waals surface area contributed by atoms with Crippen LogP contribution in [-0.4, -0.2) is 26.0 Å². The molecule has 108 valence electrons. The van der Waals surface area contributed by atoms with Crippen LogP contribution in [0.5, 0.6) is 0 Å². The standard InChI is InChI=1S/C11H18N2O5S/c1-7(2)5-12-19(16,17)13-6-9-4-10(11(14)15)8(3)18-9/h4,7,12-13H,5-6H2,1-3H3,(H,14,15). The lowest BCUT2D eigenvalue weighted by Gasteiger charge is -2.08. The number of carboxylic acid groups (broad SMARTS) is 1. The van der Waals surface area contributed by atoms with E-state index in [0.29, 0.717) is 6.54 Å². The molecule has 1 rings (SSSR count). The average Bonchev–Trinajstić information content (AvgIpc) is 2.66. The zero-order chi connectivity index (χ0) is 14.6. The molecule has 8 heteroatoms. The summed E-state index contributed by atoms with van der Waals surface area (Å²) in [6, 6.07) is 1.31. The van der Waals surface area contributed by atoms with Crippen LogP contribution < -0.4 is 9.44 Å². The van der Waals surface area contributed by atoms with Gasteiger partial charge in [0.05, 0.1) is 6.54 Å². The molecule has 3 N–H and O–H groups in total. The summed E-state index contributed by atoms with van der Waals surface area (Å²) in [4.78, 5) is 10.8. The molecule has 0 aliphatic heterocycles. The van der Waals surface area contributed by atoms with Crippen molar-refractivity contribution in [2.75, 3.05) is 6.54 Å². The van der Waals surface area contributed by atoms with Gasteiger partial charge >= 0.3 is 5.97 Å². The second kappa shape index (κ2) is 6.18. The van der Waals surface area contributed by atoms with Crippen molar-refractivity contribution in [1.29, 1.82) is 0 Å². The molecule has 0 bridgehead atoms. The van der Waals surface area contributed by atoms with Gasteiger partial charge in [-0.1, -0.05) is 13.8 Å². The number of carboxylic acids is 1. The highest BCUT2D eigenvalue weighted by molar-refractivity contribution is 7.87. The predicted octanol–water partition coefficient (Wildman–Crippen LogP) is 0.866. The van der Waals surface area contributed by atoms with Gasteiger partial charge in [-0.15, -0.1) is 0 Å². The van der Waals surface area contributed by atoms with Gasteiger partial charge in [-0.3, -0.25) is 0 Å². The first-order valence-corrected chi connectivity index (χ1v) is 7.26. The van der Waals surface area contributed by atoms with Crippen molar-refractivity contribution in [1.82, 2.24) is 9.44 Å².